The van der Waals surface area contributed by atoms with Crippen molar-refractivity contribution in [1.82, 2.24) is 5.32 Å². The first kappa shape index (κ1) is 17.2. The highest BCUT2D eigenvalue weighted by Gasteiger charge is 2.07. The smallest absolute Gasteiger partial charge is 0.319 e. The third kappa shape index (κ3) is 4.65. The summed E-state index contributed by atoms with van der Waals surface area (Å²) in [6.07, 6.45) is 0. The van der Waals surface area contributed by atoms with Gasteiger partial charge in [0.15, 0.2) is 11.5 Å². The molecule has 2 amide bonds. The Morgan fingerprint density at radius 1 is 1.21 bits per heavy atom. The Morgan fingerprint density at radius 3 is 2.75 bits per heavy atom. The zero-order valence-electron chi connectivity index (χ0n) is 13.6. The lowest BCUT2D eigenvalue weighted by atomic mass is 10.2. The third-order valence-corrected chi connectivity index (χ3v) is 3.26. The van der Waals surface area contributed by atoms with Gasteiger partial charge in [-0.3, -0.25) is 0 Å². The van der Waals surface area contributed by atoms with Gasteiger partial charge in [-0.15, -0.1) is 0 Å². The van der Waals surface area contributed by atoms with Gasteiger partial charge in [-0.1, -0.05) is 18.2 Å². The number of ether oxygens (including phenoxy) is 2. The van der Waals surface area contributed by atoms with E-state index in [1.165, 1.54) is 0 Å². The predicted molar refractivity (Wildman–Crippen MR) is 91.4 cm³/mol. The first-order valence-corrected chi connectivity index (χ1v) is 7.45. The number of nitrogens with one attached hydrogen (secondary N) is 2. The molecule has 2 rings (SSSR count). The van der Waals surface area contributed by atoms with Crippen LogP contribution in [0, 0.1) is 18.3 Å². The van der Waals surface area contributed by atoms with Gasteiger partial charge in [0.2, 0.25) is 0 Å². The molecule has 0 saturated heterocycles. The standard InChI is InChI=1S/C18H19N3O3/c1-13-7-8-16(17(11-13)23-2)24-10-9-20-18(22)21-15-6-4-3-5-14(15)12-19/h3-8,11H,9-10H2,1-2H3,(H2,20,21,22). The zero-order chi connectivity index (χ0) is 17.4. The van der Waals surface area contributed by atoms with E-state index in [1.807, 2.05) is 31.2 Å². The second-order valence-electron chi connectivity index (χ2n) is 5.04. The number of rotatable bonds is 6. The van der Waals surface area contributed by atoms with Crippen LogP contribution in [0.4, 0.5) is 10.5 Å². The number of carbonyl (C=O) groups excluding carboxylic acids is 1. The normalized spacial score (nSPS) is 9.71. The number of nitriles is 1. The molecule has 0 bridgehead atoms. The summed E-state index contributed by atoms with van der Waals surface area (Å²) in [5.41, 5.74) is 1.96. The van der Waals surface area contributed by atoms with Crippen molar-refractivity contribution in [1.29, 1.82) is 5.26 Å². The largest absolute Gasteiger partial charge is 0.493 e. The van der Waals surface area contributed by atoms with Gasteiger partial charge in [-0.05, 0) is 36.8 Å². The maximum absolute atomic E-state index is 11.8. The van der Waals surface area contributed by atoms with E-state index in [-0.39, 0.29) is 0 Å². The minimum Gasteiger partial charge on any atom is -0.493 e. The van der Waals surface area contributed by atoms with Crippen LogP contribution in [0.5, 0.6) is 11.5 Å². The quantitative estimate of drug-likeness (QED) is 0.800. The molecular weight excluding hydrogens is 306 g/mol. The number of nitrogens with zero attached hydrogens (tertiary/aromatic N) is 1. The number of aryl methyl sites for hydroxylation is 1. The zero-order valence-corrected chi connectivity index (χ0v) is 13.6. The van der Waals surface area contributed by atoms with Crippen molar-refractivity contribution in [3.05, 3.63) is 53.6 Å². The van der Waals surface area contributed by atoms with Crippen LogP contribution in [-0.2, 0) is 0 Å². The Morgan fingerprint density at radius 2 is 2.00 bits per heavy atom. The monoisotopic (exact) mass is 325 g/mol. The maximum Gasteiger partial charge on any atom is 0.319 e. The van der Waals surface area contributed by atoms with E-state index < -0.39 is 6.03 Å². The van der Waals surface area contributed by atoms with E-state index in [2.05, 4.69) is 10.6 Å². The van der Waals surface area contributed by atoms with E-state index in [0.717, 1.165) is 5.56 Å². The number of para-hydroxylation sites is 1. The van der Waals surface area contributed by atoms with E-state index in [4.69, 9.17) is 14.7 Å². The number of benzene rings is 2. The minimum absolute atomic E-state index is 0.298. The summed E-state index contributed by atoms with van der Waals surface area (Å²) in [5, 5.41) is 14.3. The molecule has 0 aromatic heterocycles. The lowest BCUT2D eigenvalue weighted by molar-refractivity contribution is 0.246. The number of hydrogen-bond donors (Lipinski definition) is 2. The summed E-state index contributed by atoms with van der Waals surface area (Å²) < 4.78 is 10.9. The van der Waals surface area contributed by atoms with Crippen LogP contribution in [0.2, 0.25) is 0 Å². The molecular formula is C18H19N3O3. The molecule has 2 aromatic carbocycles. The Bertz CT molecular complexity index is 753. The highest BCUT2D eigenvalue weighted by Crippen LogP contribution is 2.27. The summed E-state index contributed by atoms with van der Waals surface area (Å²) in [7, 11) is 1.58. The molecule has 6 heteroatoms. The van der Waals surface area contributed by atoms with Crippen molar-refractivity contribution in [2.75, 3.05) is 25.6 Å². The molecule has 124 valence electrons. The van der Waals surface area contributed by atoms with Gasteiger partial charge >= 0.3 is 6.03 Å². The van der Waals surface area contributed by atoms with Crippen LogP contribution in [0.3, 0.4) is 0 Å². The number of anilines is 1. The average molecular weight is 325 g/mol. The highest BCUT2D eigenvalue weighted by atomic mass is 16.5. The molecule has 0 aliphatic rings. The van der Waals surface area contributed by atoms with Gasteiger partial charge in [0, 0.05) is 0 Å². The lowest BCUT2D eigenvalue weighted by Crippen LogP contribution is -2.32. The third-order valence-electron chi connectivity index (χ3n) is 3.26. The Balaban J connectivity index is 1.80. The Labute approximate surface area is 141 Å². The van der Waals surface area contributed by atoms with E-state index >= 15 is 0 Å². The van der Waals surface area contributed by atoms with Gasteiger partial charge < -0.3 is 20.1 Å². The predicted octanol–water partition coefficient (Wildman–Crippen LogP) is 3.08. The molecule has 0 aliphatic carbocycles. The van der Waals surface area contributed by atoms with Crippen LogP contribution in [-0.4, -0.2) is 26.3 Å². The van der Waals surface area contributed by atoms with Gasteiger partial charge in [0.05, 0.1) is 24.9 Å². The molecule has 2 aromatic rings. The highest BCUT2D eigenvalue weighted by molar-refractivity contribution is 5.90. The fourth-order valence-electron chi connectivity index (χ4n) is 2.08. The number of hydrogen-bond acceptors (Lipinski definition) is 4. The van der Waals surface area contributed by atoms with Crippen molar-refractivity contribution < 1.29 is 14.3 Å². The van der Waals surface area contributed by atoms with Crippen LogP contribution in [0.25, 0.3) is 0 Å². The van der Waals surface area contributed by atoms with Crippen molar-refractivity contribution in [3.63, 3.8) is 0 Å². The molecule has 0 saturated carbocycles. The van der Waals surface area contributed by atoms with Gasteiger partial charge in [-0.2, -0.15) is 5.26 Å². The number of amides is 2. The van der Waals surface area contributed by atoms with Crippen molar-refractivity contribution >= 4 is 11.7 Å². The Hall–Kier alpha value is -3.20. The molecule has 0 fully saturated rings. The van der Waals surface area contributed by atoms with Crippen molar-refractivity contribution in [2.24, 2.45) is 0 Å². The van der Waals surface area contributed by atoms with Gasteiger partial charge in [-0.25, -0.2) is 4.79 Å². The second kappa shape index (κ2) is 8.44. The number of methoxy groups -OCH3 is 1. The molecule has 0 heterocycles. The molecule has 24 heavy (non-hydrogen) atoms. The molecule has 6 nitrogen and oxygen atoms in total. The maximum atomic E-state index is 11.8. The van der Waals surface area contributed by atoms with Crippen LogP contribution < -0.4 is 20.1 Å². The fourth-order valence-corrected chi connectivity index (χ4v) is 2.08. The van der Waals surface area contributed by atoms with Crippen molar-refractivity contribution in [2.45, 2.75) is 6.92 Å². The fraction of sp³-hybridized carbons (Fsp3) is 0.222. The summed E-state index contributed by atoms with van der Waals surface area (Å²) in [6.45, 7) is 2.58. The SMILES string of the molecule is COc1cc(C)ccc1OCCNC(=O)Nc1ccccc1C#N. The molecule has 0 unspecified atom stereocenters. The van der Waals surface area contributed by atoms with E-state index in [0.29, 0.717) is 35.9 Å². The lowest BCUT2D eigenvalue weighted by Gasteiger charge is -2.12. The first-order valence-electron chi connectivity index (χ1n) is 7.45. The minimum atomic E-state index is -0.392. The first-order chi connectivity index (χ1) is 11.6. The number of carbonyl (C=O) groups is 1. The van der Waals surface area contributed by atoms with Crippen LogP contribution >= 0.6 is 0 Å². The van der Waals surface area contributed by atoms with E-state index in [9.17, 15) is 4.79 Å². The summed E-state index contributed by atoms with van der Waals surface area (Å²) in [4.78, 5) is 11.8. The molecule has 0 atom stereocenters. The Kier molecular flexibility index (Phi) is 6.03. The molecule has 0 spiro atoms. The van der Waals surface area contributed by atoms with Crippen LogP contribution in [0.1, 0.15) is 11.1 Å². The summed E-state index contributed by atoms with van der Waals surface area (Å²) in [5.74, 6) is 1.28. The van der Waals surface area contributed by atoms with E-state index in [1.54, 1.807) is 31.4 Å². The summed E-state index contributed by atoms with van der Waals surface area (Å²) >= 11 is 0. The second-order valence-corrected chi connectivity index (χ2v) is 5.04. The molecule has 2 N–H and O–H groups in total. The van der Waals surface area contributed by atoms with Crippen LogP contribution in [0.15, 0.2) is 42.5 Å². The molecule has 0 aliphatic heterocycles. The average Bonchev–Trinajstić information content (AvgIpc) is 2.60. The number of urea groups is 1. The summed E-state index contributed by atoms with van der Waals surface area (Å²) in [6, 6.07) is 14.1. The van der Waals surface area contributed by atoms with Crippen molar-refractivity contribution in [3.8, 4) is 17.6 Å². The van der Waals surface area contributed by atoms with Gasteiger partial charge in [0.1, 0.15) is 12.7 Å². The van der Waals surface area contributed by atoms with Gasteiger partial charge in [0.25, 0.3) is 0 Å². The topological polar surface area (TPSA) is 83.4 Å². The molecule has 0 radical (unpaired) electrons.